The first-order valence-corrected chi connectivity index (χ1v) is 7.50. The molecule has 5 heteroatoms. The van der Waals surface area contributed by atoms with Crippen molar-refractivity contribution in [2.45, 2.75) is 6.92 Å². The van der Waals surface area contributed by atoms with E-state index >= 15 is 0 Å². The molecule has 2 aromatic rings. The Bertz CT molecular complexity index is 758. The van der Waals surface area contributed by atoms with Gasteiger partial charge in [0.2, 0.25) is 0 Å². The molecule has 1 aliphatic heterocycles. The number of anilines is 2. The first-order chi connectivity index (χ1) is 11.2. The van der Waals surface area contributed by atoms with Crippen LogP contribution in [0.25, 0.3) is 0 Å². The van der Waals surface area contributed by atoms with Crippen LogP contribution in [0.2, 0.25) is 0 Å². The summed E-state index contributed by atoms with van der Waals surface area (Å²) in [6, 6.07) is 12.7. The van der Waals surface area contributed by atoms with Crippen LogP contribution in [0.3, 0.4) is 0 Å². The summed E-state index contributed by atoms with van der Waals surface area (Å²) in [5.41, 5.74) is 2.47. The number of carbonyl (C=O) groups is 2. The summed E-state index contributed by atoms with van der Waals surface area (Å²) in [6.45, 7) is 2.70. The van der Waals surface area contributed by atoms with Gasteiger partial charge < -0.3 is 9.64 Å². The molecule has 1 aliphatic rings. The third kappa shape index (κ3) is 2.54. The lowest BCUT2D eigenvalue weighted by Gasteiger charge is -2.36. The molecular weight excluding hydrogens is 292 g/mol. The van der Waals surface area contributed by atoms with Crippen molar-refractivity contribution in [1.82, 2.24) is 0 Å². The summed E-state index contributed by atoms with van der Waals surface area (Å²) in [7, 11) is 1.92. The minimum Gasteiger partial charge on any atom is -0.492 e. The van der Waals surface area contributed by atoms with Crippen molar-refractivity contribution in [3.63, 3.8) is 0 Å². The van der Waals surface area contributed by atoms with Crippen molar-refractivity contribution in [2.75, 3.05) is 30.1 Å². The Morgan fingerprint density at radius 1 is 1.17 bits per heavy atom. The SMILES string of the molecule is CCOc1cccc(C=O)c1N1CN(C)c2ccccc2C1=O. The first-order valence-electron chi connectivity index (χ1n) is 7.50. The number of carbonyl (C=O) groups excluding carboxylic acids is 2. The third-order valence-corrected chi connectivity index (χ3v) is 3.87. The van der Waals surface area contributed by atoms with Gasteiger partial charge in [0.05, 0.1) is 30.2 Å². The van der Waals surface area contributed by atoms with E-state index in [2.05, 4.69) is 0 Å². The monoisotopic (exact) mass is 310 g/mol. The standard InChI is InChI=1S/C18H18N2O3/c1-3-23-16-10-6-7-13(11-21)17(16)20-12-19(2)15-9-5-4-8-14(15)18(20)22/h4-11H,3,12H2,1-2H3. The lowest BCUT2D eigenvalue weighted by Crippen LogP contribution is -2.45. The van der Waals surface area contributed by atoms with Crippen molar-refractivity contribution < 1.29 is 14.3 Å². The fraction of sp³-hybridized carbons (Fsp3) is 0.222. The van der Waals surface area contributed by atoms with Crippen LogP contribution in [0, 0.1) is 0 Å². The number of ether oxygens (including phenoxy) is 1. The van der Waals surface area contributed by atoms with Crippen molar-refractivity contribution in [2.24, 2.45) is 0 Å². The molecule has 23 heavy (non-hydrogen) atoms. The molecule has 1 heterocycles. The highest BCUT2D eigenvalue weighted by Crippen LogP contribution is 2.36. The maximum atomic E-state index is 12.9. The van der Waals surface area contributed by atoms with Gasteiger partial charge in [0.1, 0.15) is 5.75 Å². The van der Waals surface area contributed by atoms with Crippen molar-refractivity contribution in [3.8, 4) is 5.75 Å². The lowest BCUT2D eigenvalue weighted by atomic mass is 10.1. The highest BCUT2D eigenvalue weighted by atomic mass is 16.5. The molecule has 2 aromatic carbocycles. The molecule has 0 bridgehead atoms. The highest BCUT2D eigenvalue weighted by molar-refractivity contribution is 6.13. The molecule has 0 fully saturated rings. The van der Waals surface area contributed by atoms with Gasteiger partial charge in [0, 0.05) is 12.6 Å². The molecule has 0 aliphatic carbocycles. The van der Waals surface area contributed by atoms with Crippen LogP contribution in [-0.2, 0) is 0 Å². The quantitative estimate of drug-likeness (QED) is 0.815. The molecule has 5 nitrogen and oxygen atoms in total. The third-order valence-electron chi connectivity index (χ3n) is 3.87. The zero-order valence-electron chi connectivity index (χ0n) is 13.2. The van der Waals surface area contributed by atoms with Crippen LogP contribution in [0.15, 0.2) is 42.5 Å². The van der Waals surface area contributed by atoms with Crippen molar-refractivity contribution >= 4 is 23.6 Å². The first kappa shape index (κ1) is 15.1. The van der Waals surface area contributed by atoms with E-state index in [0.29, 0.717) is 35.8 Å². The molecular formula is C18H18N2O3. The zero-order chi connectivity index (χ0) is 16.4. The van der Waals surface area contributed by atoms with Gasteiger partial charge in [-0.05, 0) is 31.2 Å². The minimum atomic E-state index is -0.131. The van der Waals surface area contributed by atoms with Gasteiger partial charge in [-0.2, -0.15) is 0 Å². The van der Waals surface area contributed by atoms with Gasteiger partial charge in [0.15, 0.2) is 6.29 Å². The molecule has 0 aromatic heterocycles. The number of aldehydes is 1. The van der Waals surface area contributed by atoms with Gasteiger partial charge >= 0.3 is 0 Å². The predicted octanol–water partition coefficient (Wildman–Crippen LogP) is 2.95. The number of rotatable bonds is 4. The smallest absolute Gasteiger partial charge is 0.262 e. The minimum absolute atomic E-state index is 0.131. The lowest BCUT2D eigenvalue weighted by molar-refractivity contribution is 0.0982. The fourth-order valence-electron chi connectivity index (χ4n) is 2.85. The second kappa shape index (κ2) is 6.12. The van der Waals surface area contributed by atoms with E-state index in [1.807, 2.05) is 37.1 Å². The van der Waals surface area contributed by atoms with E-state index in [4.69, 9.17) is 4.74 Å². The van der Waals surface area contributed by atoms with Crippen LogP contribution in [0.1, 0.15) is 27.6 Å². The Balaban J connectivity index is 2.13. The Hall–Kier alpha value is -2.82. The van der Waals surface area contributed by atoms with Crippen LogP contribution in [0.5, 0.6) is 5.75 Å². The fourth-order valence-corrected chi connectivity index (χ4v) is 2.85. The molecule has 0 radical (unpaired) electrons. The van der Waals surface area contributed by atoms with Crippen LogP contribution in [0.4, 0.5) is 11.4 Å². The number of amides is 1. The molecule has 0 saturated heterocycles. The average Bonchev–Trinajstić information content (AvgIpc) is 2.58. The van der Waals surface area contributed by atoms with Gasteiger partial charge in [-0.1, -0.05) is 18.2 Å². The Morgan fingerprint density at radius 3 is 2.70 bits per heavy atom. The Morgan fingerprint density at radius 2 is 1.96 bits per heavy atom. The largest absolute Gasteiger partial charge is 0.492 e. The van der Waals surface area contributed by atoms with Gasteiger partial charge in [-0.15, -0.1) is 0 Å². The summed E-state index contributed by atoms with van der Waals surface area (Å²) in [5.74, 6) is 0.409. The maximum absolute atomic E-state index is 12.9. The number of hydrogen-bond acceptors (Lipinski definition) is 4. The van der Waals surface area contributed by atoms with Gasteiger partial charge in [-0.25, -0.2) is 0 Å². The molecule has 0 atom stereocenters. The predicted molar refractivity (Wildman–Crippen MR) is 89.5 cm³/mol. The molecule has 0 N–H and O–H groups in total. The number of hydrogen-bond donors (Lipinski definition) is 0. The number of para-hydroxylation sites is 2. The summed E-state index contributed by atoms with van der Waals surface area (Å²) in [4.78, 5) is 27.9. The number of nitrogens with zero attached hydrogens (tertiary/aromatic N) is 2. The van der Waals surface area contributed by atoms with Crippen LogP contribution >= 0.6 is 0 Å². The summed E-state index contributed by atoms with van der Waals surface area (Å²) in [6.07, 6.45) is 0.756. The molecule has 0 saturated carbocycles. The molecule has 118 valence electrons. The van der Waals surface area contributed by atoms with E-state index in [1.54, 1.807) is 29.2 Å². The van der Waals surface area contributed by atoms with Crippen LogP contribution < -0.4 is 14.5 Å². The van der Waals surface area contributed by atoms with Crippen LogP contribution in [-0.4, -0.2) is 32.5 Å². The van der Waals surface area contributed by atoms with E-state index in [1.165, 1.54) is 0 Å². The second-order valence-corrected chi connectivity index (χ2v) is 5.33. The summed E-state index contributed by atoms with van der Waals surface area (Å²) >= 11 is 0. The topological polar surface area (TPSA) is 49.9 Å². The van der Waals surface area contributed by atoms with Gasteiger partial charge in [-0.3, -0.25) is 14.5 Å². The summed E-state index contributed by atoms with van der Waals surface area (Å²) < 4.78 is 5.63. The van der Waals surface area contributed by atoms with Crippen molar-refractivity contribution in [1.29, 1.82) is 0 Å². The number of fused-ring (bicyclic) bond motifs is 1. The summed E-state index contributed by atoms with van der Waals surface area (Å²) in [5, 5.41) is 0. The van der Waals surface area contributed by atoms with E-state index in [9.17, 15) is 9.59 Å². The van der Waals surface area contributed by atoms with Crippen molar-refractivity contribution in [3.05, 3.63) is 53.6 Å². The second-order valence-electron chi connectivity index (χ2n) is 5.33. The highest BCUT2D eigenvalue weighted by Gasteiger charge is 2.31. The normalized spacial score (nSPS) is 13.7. The van der Waals surface area contributed by atoms with E-state index in [0.717, 1.165) is 12.0 Å². The molecule has 1 amide bonds. The molecule has 0 spiro atoms. The molecule has 3 rings (SSSR count). The van der Waals surface area contributed by atoms with E-state index < -0.39 is 0 Å². The van der Waals surface area contributed by atoms with E-state index in [-0.39, 0.29) is 5.91 Å². The molecule has 0 unspecified atom stereocenters. The Kier molecular flexibility index (Phi) is 4.02. The number of benzene rings is 2. The Labute approximate surface area is 135 Å². The zero-order valence-corrected chi connectivity index (χ0v) is 13.2. The average molecular weight is 310 g/mol. The maximum Gasteiger partial charge on any atom is 0.262 e. The van der Waals surface area contributed by atoms with Gasteiger partial charge in [0.25, 0.3) is 5.91 Å².